The third kappa shape index (κ3) is 4.44. The molecule has 2 fully saturated rings. The first kappa shape index (κ1) is 21.7. The highest BCUT2D eigenvalue weighted by atomic mass is 16.5. The summed E-state index contributed by atoms with van der Waals surface area (Å²) in [6.07, 6.45) is 5.69. The first-order valence-corrected chi connectivity index (χ1v) is 11.4. The van der Waals surface area contributed by atoms with Crippen LogP contribution in [0.4, 0.5) is 0 Å². The standard InChI is InChI=1S/C23H33N5O3/c1-16-18(8-9-22(29)26-11-4-5-12-26)17(2)28-21(24-16)15-19(25-28)20-7-6-13-27(20)23(30)10-14-31-3/h15,20H,4-14H2,1-3H3/t20-/m1/s1. The number of aryl methyl sites for hydroxylation is 2. The number of methoxy groups -OCH3 is 1. The number of likely N-dealkylation sites (tertiary alicyclic amines) is 2. The van der Waals surface area contributed by atoms with Crippen LogP contribution in [0.2, 0.25) is 0 Å². The molecule has 8 nitrogen and oxygen atoms in total. The molecule has 0 N–H and O–H groups in total. The molecule has 2 amide bonds. The zero-order chi connectivity index (χ0) is 22.0. The lowest BCUT2D eigenvalue weighted by Crippen LogP contribution is -2.31. The van der Waals surface area contributed by atoms with E-state index >= 15 is 0 Å². The van der Waals surface area contributed by atoms with Crippen molar-refractivity contribution < 1.29 is 14.3 Å². The highest BCUT2D eigenvalue weighted by molar-refractivity contribution is 5.77. The van der Waals surface area contributed by atoms with Crippen molar-refractivity contribution in [1.82, 2.24) is 24.4 Å². The van der Waals surface area contributed by atoms with Gasteiger partial charge in [-0.25, -0.2) is 9.50 Å². The number of amides is 2. The van der Waals surface area contributed by atoms with Gasteiger partial charge in [0.05, 0.1) is 24.8 Å². The number of ether oxygens (including phenoxy) is 1. The molecule has 2 aromatic heterocycles. The highest BCUT2D eigenvalue weighted by Gasteiger charge is 2.32. The number of carbonyl (C=O) groups excluding carboxylic acids is 2. The first-order valence-electron chi connectivity index (χ1n) is 11.4. The van der Waals surface area contributed by atoms with Crippen molar-refractivity contribution in [2.75, 3.05) is 33.4 Å². The number of fused-ring (bicyclic) bond motifs is 1. The van der Waals surface area contributed by atoms with E-state index in [1.807, 2.05) is 34.2 Å². The number of carbonyl (C=O) groups is 2. The van der Waals surface area contributed by atoms with Gasteiger partial charge in [0, 0.05) is 50.6 Å². The Labute approximate surface area is 183 Å². The van der Waals surface area contributed by atoms with Crippen molar-refractivity contribution >= 4 is 17.5 Å². The third-order valence-electron chi connectivity index (χ3n) is 6.67. The molecular weight excluding hydrogens is 394 g/mol. The predicted molar refractivity (Wildman–Crippen MR) is 117 cm³/mol. The number of hydrogen-bond donors (Lipinski definition) is 0. The van der Waals surface area contributed by atoms with Crippen molar-refractivity contribution in [3.8, 4) is 0 Å². The Morgan fingerprint density at radius 3 is 2.61 bits per heavy atom. The van der Waals surface area contributed by atoms with Crippen LogP contribution in [0.15, 0.2) is 6.07 Å². The molecule has 4 heterocycles. The van der Waals surface area contributed by atoms with E-state index in [-0.39, 0.29) is 17.9 Å². The maximum absolute atomic E-state index is 12.6. The molecule has 1 atom stereocenters. The normalized spacial score (nSPS) is 19.0. The van der Waals surface area contributed by atoms with Crippen LogP contribution in [-0.4, -0.2) is 69.6 Å². The smallest absolute Gasteiger partial charge is 0.225 e. The third-order valence-corrected chi connectivity index (χ3v) is 6.67. The molecule has 0 aliphatic carbocycles. The summed E-state index contributed by atoms with van der Waals surface area (Å²) in [5.41, 5.74) is 4.76. The van der Waals surface area contributed by atoms with Gasteiger partial charge >= 0.3 is 0 Å². The fourth-order valence-electron chi connectivity index (χ4n) is 4.93. The lowest BCUT2D eigenvalue weighted by Gasteiger charge is -2.23. The highest BCUT2D eigenvalue weighted by Crippen LogP contribution is 2.32. The summed E-state index contributed by atoms with van der Waals surface area (Å²) >= 11 is 0. The van der Waals surface area contributed by atoms with Crippen molar-refractivity contribution in [3.63, 3.8) is 0 Å². The lowest BCUT2D eigenvalue weighted by molar-refractivity contribution is -0.133. The summed E-state index contributed by atoms with van der Waals surface area (Å²) in [5.74, 6) is 0.345. The molecule has 2 aliphatic rings. The molecule has 2 aliphatic heterocycles. The van der Waals surface area contributed by atoms with E-state index in [0.29, 0.717) is 25.9 Å². The van der Waals surface area contributed by atoms with E-state index < -0.39 is 0 Å². The average molecular weight is 428 g/mol. The van der Waals surface area contributed by atoms with Crippen LogP contribution in [0.1, 0.15) is 67.2 Å². The van der Waals surface area contributed by atoms with Gasteiger partial charge in [0.25, 0.3) is 0 Å². The topological polar surface area (TPSA) is 80.0 Å². The molecule has 0 aromatic carbocycles. The maximum atomic E-state index is 12.6. The van der Waals surface area contributed by atoms with E-state index in [1.54, 1.807) is 7.11 Å². The fraction of sp³-hybridized carbons (Fsp3) is 0.652. The molecule has 0 bridgehead atoms. The van der Waals surface area contributed by atoms with Gasteiger partial charge in [-0.1, -0.05) is 0 Å². The molecule has 0 unspecified atom stereocenters. The summed E-state index contributed by atoms with van der Waals surface area (Å²) < 4.78 is 6.95. The SMILES string of the molecule is COCCC(=O)N1CCC[C@@H]1c1cc2nc(C)c(CCC(=O)N3CCCC3)c(C)n2n1. The minimum absolute atomic E-state index is 0.00837. The Morgan fingerprint density at radius 2 is 1.87 bits per heavy atom. The number of nitrogens with zero attached hydrogens (tertiary/aromatic N) is 5. The van der Waals surface area contributed by atoms with Crippen LogP contribution in [0.5, 0.6) is 0 Å². The summed E-state index contributed by atoms with van der Waals surface area (Å²) in [6.45, 7) is 7.02. The van der Waals surface area contributed by atoms with Gasteiger partial charge in [0.2, 0.25) is 11.8 Å². The Hall–Kier alpha value is -2.48. The van der Waals surface area contributed by atoms with Crippen LogP contribution in [0, 0.1) is 13.8 Å². The molecule has 4 rings (SSSR count). The second-order valence-electron chi connectivity index (χ2n) is 8.68. The summed E-state index contributed by atoms with van der Waals surface area (Å²) in [7, 11) is 1.62. The van der Waals surface area contributed by atoms with Gasteiger partial charge in [0.15, 0.2) is 5.65 Å². The van der Waals surface area contributed by atoms with Gasteiger partial charge < -0.3 is 14.5 Å². The summed E-state index contributed by atoms with van der Waals surface area (Å²) in [6, 6.07) is 2.00. The average Bonchev–Trinajstić information content (AvgIpc) is 3.51. The molecule has 31 heavy (non-hydrogen) atoms. The van der Waals surface area contributed by atoms with E-state index in [4.69, 9.17) is 14.8 Å². The quantitative estimate of drug-likeness (QED) is 0.679. The minimum atomic E-state index is -0.00837. The molecule has 2 aromatic rings. The molecule has 0 saturated carbocycles. The summed E-state index contributed by atoms with van der Waals surface area (Å²) in [5, 5.41) is 4.85. The second kappa shape index (κ2) is 9.34. The number of rotatable bonds is 7. The second-order valence-corrected chi connectivity index (χ2v) is 8.68. The molecule has 168 valence electrons. The molecule has 0 radical (unpaired) electrons. The first-order chi connectivity index (χ1) is 15.0. The largest absolute Gasteiger partial charge is 0.384 e. The van der Waals surface area contributed by atoms with Crippen molar-refractivity contribution in [3.05, 3.63) is 28.7 Å². The van der Waals surface area contributed by atoms with Crippen molar-refractivity contribution in [2.24, 2.45) is 0 Å². The number of aromatic nitrogens is 3. The van der Waals surface area contributed by atoms with Crippen LogP contribution in [0.3, 0.4) is 0 Å². The monoisotopic (exact) mass is 427 g/mol. The van der Waals surface area contributed by atoms with Crippen LogP contribution < -0.4 is 0 Å². The van der Waals surface area contributed by atoms with Gasteiger partial charge in [-0.2, -0.15) is 5.10 Å². The number of hydrogen-bond acceptors (Lipinski definition) is 5. The Kier molecular flexibility index (Phi) is 6.55. The molecule has 8 heteroatoms. The van der Waals surface area contributed by atoms with Crippen molar-refractivity contribution in [1.29, 1.82) is 0 Å². The van der Waals surface area contributed by atoms with Crippen LogP contribution in [0.25, 0.3) is 5.65 Å². The van der Waals surface area contributed by atoms with Gasteiger partial charge in [-0.15, -0.1) is 0 Å². The minimum Gasteiger partial charge on any atom is -0.384 e. The van der Waals surface area contributed by atoms with E-state index in [1.165, 1.54) is 0 Å². The van der Waals surface area contributed by atoms with Gasteiger partial charge in [-0.05, 0) is 51.5 Å². The van der Waals surface area contributed by atoms with Crippen LogP contribution in [-0.2, 0) is 20.7 Å². The van der Waals surface area contributed by atoms with E-state index in [9.17, 15) is 9.59 Å². The van der Waals surface area contributed by atoms with E-state index in [0.717, 1.165) is 73.6 Å². The fourth-order valence-corrected chi connectivity index (χ4v) is 4.93. The van der Waals surface area contributed by atoms with Crippen LogP contribution >= 0.6 is 0 Å². The summed E-state index contributed by atoms with van der Waals surface area (Å²) in [4.78, 5) is 33.8. The van der Waals surface area contributed by atoms with Gasteiger partial charge in [-0.3, -0.25) is 9.59 Å². The van der Waals surface area contributed by atoms with E-state index in [2.05, 4.69) is 0 Å². The Balaban J connectivity index is 1.54. The Bertz CT molecular complexity index is 964. The Morgan fingerprint density at radius 1 is 1.10 bits per heavy atom. The molecule has 0 spiro atoms. The lowest BCUT2D eigenvalue weighted by atomic mass is 10.1. The zero-order valence-corrected chi connectivity index (χ0v) is 18.9. The van der Waals surface area contributed by atoms with Gasteiger partial charge in [0.1, 0.15) is 0 Å². The zero-order valence-electron chi connectivity index (χ0n) is 18.9. The maximum Gasteiger partial charge on any atom is 0.225 e. The van der Waals surface area contributed by atoms with Crippen molar-refractivity contribution in [2.45, 2.75) is 64.8 Å². The predicted octanol–water partition coefficient (Wildman–Crippen LogP) is 2.60. The molecular formula is C23H33N5O3. The molecule has 2 saturated heterocycles.